The molecule has 0 bridgehead atoms. The van der Waals surface area contributed by atoms with E-state index in [0.29, 0.717) is 0 Å². The van der Waals surface area contributed by atoms with Crippen LogP contribution < -0.4 is 0 Å². The molecule has 0 amide bonds. The highest BCUT2D eigenvalue weighted by atomic mass is 14.0. The molecule has 0 fully saturated rings. The van der Waals surface area contributed by atoms with Crippen molar-refractivity contribution in [1.29, 1.82) is 0 Å². The van der Waals surface area contributed by atoms with Crippen LogP contribution in [-0.2, 0) is 0 Å². The summed E-state index contributed by atoms with van der Waals surface area (Å²) in [6.45, 7) is 10.2. The van der Waals surface area contributed by atoms with E-state index in [2.05, 4.69) is 53.4 Å². The third-order valence-corrected chi connectivity index (χ3v) is 2.41. The van der Waals surface area contributed by atoms with Crippen molar-refractivity contribution in [3.63, 3.8) is 0 Å². The van der Waals surface area contributed by atoms with Gasteiger partial charge in [0.2, 0.25) is 0 Å². The maximum atomic E-state index is 3.74. The predicted molar refractivity (Wildman–Crippen MR) is 69.2 cm³/mol. The Labute approximate surface area is 89.5 Å². The Kier molecular flexibility index (Phi) is 6.91. The molecule has 0 atom stereocenters. The summed E-state index contributed by atoms with van der Waals surface area (Å²) >= 11 is 0. The fraction of sp³-hybridized carbons (Fsp3) is 0.385. The summed E-state index contributed by atoms with van der Waals surface area (Å²) in [6.07, 6.45) is 10.4. The number of hydrogen-bond acceptors (Lipinski definition) is 0. The maximum Gasteiger partial charge on any atom is 0.140 e. The summed E-state index contributed by atoms with van der Waals surface area (Å²) in [4.78, 5) is 0. The smallest absolute Gasteiger partial charge is 0.0991 e. The monoisotopic (exact) mass is 188 g/mol. The van der Waals surface area contributed by atoms with E-state index >= 15 is 0 Å². The van der Waals surface area contributed by atoms with Gasteiger partial charge >= 0.3 is 0 Å². The van der Waals surface area contributed by atoms with Crippen LogP contribution in [0.2, 0.25) is 0 Å². The lowest BCUT2D eigenvalue weighted by molar-refractivity contribution is 1.09. The molecule has 0 aromatic rings. The molecule has 0 heterocycles. The fourth-order valence-corrected chi connectivity index (χ4v) is 1.57. The van der Waals surface area contributed by atoms with Gasteiger partial charge in [0.05, 0.1) is 0 Å². The van der Waals surface area contributed by atoms with Gasteiger partial charge in [-0.2, -0.15) is 0 Å². The lowest BCUT2D eigenvalue weighted by Crippen LogP contribution is -1.93. The van der Waals surface area contributed by atoms with Crippen molar-refractivity contribution < 1.29 is 0 Å². The highest BCUT2D eigenvalue weighted by Crippen LogP contribution is 2.18. The van der Waals surface area contributed by atoms with E-state index in [1.54, 1.807) is 0 Å². The average molecular weight is 188 g/mol. The van der Waals surface area contributed by atoms with Crippen LogP contribution in [-0.4, -0.2) is 7.85 Å². The van der Waals surface area contributed by atoms with Crippen molar-refractivity contribution in [1.82, 2.24) is 0 Å². The number of rotatable bonds is 5. The number of allylic oxidation sites excluding steroid dienone is 7. The van der Waals surface area contributed by atoms with Crippen molar-refractivity contribution in [2.45, 2.75) is 33.6 Å². The molecule has 0 radical (unpaired) electrons. The summed E-state index contributed by atoms with van der Waals surface area (Å²) in [6, 6.07) is 0. The van der Waals surface area contributed by atoms with E-state index in [1.165, 1.54) is 16.6 Å². The molecular weight excluding hydrogens is 167 g/mol. The van der Waals surface area contributed by atoms with Gasteiger partial charge in [0.25, 0.3) is 0 Å². The fourth-order valence-electron chi connectivity index (χ4n) is 1.57. The summed E-state index contributed by atoms with van der Waals surface area (Å²) in [5, 5.41) is 0. The Hall–Kier alpha value is -0.975. The molecule has 0 aromatic heterocycles. The molecule has 0 rings (SSSR count). The van der Waals surface area contributed by atoms with Gasteiger partial charge in [0.1, 0.15) is 7.85 Å². The van der Waals surface area contributed by atoms with Crippen LogP contribution in [0.5, 0.6) is 0 Å². The summed E-state index contributed by atoms with van der Waals surface area (Å²) < 4.78 is 0. The molecule has 0 saturated carbocycles. The van der Waals surface area contributed by atoms with Crippen molar-refractivity contribution in [2.24, 2.45) is 0 Å². The third-order valence-electron chi connectivity index (χ3n) is 2.41. The Morgan fingerprint density at radius 1 is 1.29 bits per heavy atom. The van der Waals surface area contributed by atoms with Crippen molar-refractivity contribution in [2.75, 3.05) is 0 Å². The van der Waals surface area contributed by atoms with Crippen LogP contribution in [0.15, 0.2) is 47.5 Å². The minimum Gasteiger partial charge on any atom is -0.0991 e. The molecule has 0 unspecified atom stereocenters. The van der Waals surface area contributed by atoms with Gasteiger partial charge in [-0.3, -0.25) is 0 Å². The molecule has 0 aliphatic rings. The van der Waals surface area contributed by atoms with Crippen molar-refractivity contribution >= 4 is 7.85 Å². The standard InChI is InChI=1S/C13H21B/c1-5-9-11(7-3)13(14)12(8-4)10-6-2/h5-6,9-10H,1,7-8,14H2,2-4H3/b10-6+,11-9+,13-12-. The third kappa shape index (κ3) is 3.82. The minimum absolute atomic E-state index is 1.07. The zero-order valence-electron chi connectivity index (χ0n) is 9.93. The molecule has 1 heteroatoms. The van der Waals surface area contributed by atoms with Crippen LogP contribution in [0.1, 0.15) is 33.6 Å². The van der Waals surface area contributed by atoms with E-state index in [1.807, 2.05) is 6.08 Å². The second-order valence-electron chi connectivity index (χ2n) is 3.28. The zero-order chi connectivity index (χ0) is 11.0. The largest absolute Gasteiger partial charge is 0.140 e. The molecule has 0 saturated heterocycles. The summed E-state index contributed by atoms with van der Waals surface area (Å²) in [5.41, 5.74) is 4.20. The SMILES string of the molecule is BC(/C(=C/C=C)CC)=C(\C=C\C)CC. The Balaban J connectivity index is 5.09. The van der Waals surface area contributed by atoms with Crippen LogP contribution in [0, 0.1) is 0 Å². The van der Waals surface area contributed by atoms with Crippen LogP contribution in [0.3, 0.4) is 0 Å². The first-order valence-corrected chi connectivity index (χ1v) is 5.35. The molecule has 0 nitrogen and oxygen atoms in total. The van der Waals surface area contributed by atoms with Gasteiger partial charge in [0.15, 0.2) is 0 Å². The van der Waals surface area contributed by atoms with E-state index in [9.17, 15) is 0 Å². The van der Waals surface area contributed by atoms with E-state index in [-0.39, 0.29) is 0 Å². The lowest BCUT2D eigenvalue weighted by atomic mass is 9.81. The highest BCUT2D eigenvalue weighted by molar-refractivity contribution is 6.25. The molecule has 0 N–H and O–H groups in total. The molecule has 76 valence electrons. The van der Waals surface area contributed by atoms with Gasteiger partial charge in [-0.15, -0.1) is 0 Å². The lowest BCUT2D eigenvalue weighted by Gasteiger charge is -2.09. The first kappa shape index (κ1) is 13.0. The Bertz CT molecular complexity index is 267. The molecule has 0 spiro atoms. The van der Waals surface area contributed by atoms with E-state index < -0.39 is 0 Å². The normalized spacial score (nSPS) is 14.4. The molecule has 0 aliphatic carbocycles. The van der Waals surface area contributed by atoms with Gasteiger partial charge in [0, 0.05) is 0 Å². The summed E-state index contributed by atoms with van der Waals surface area (Å²) in [5.74, 6) is 0. The molecule has 0 aromatic carbocycles. The molecular formula is C13H21B. The van der Waals surface area contributed by atoms with Crippen LogP contribution in [0.4, 0.5) is 0 Å². The minimum atomic E-state index is 1.07. The van der Waals surface area contributed by atoms with Crippen LogP contribution >= 0.6 is 0 Å². The van der Waals surface area contributed by atoms with E-state index in [0.717, 1.165) is 12.8 Å². The molecule has 0 aliphatic heterocycles. The Morgan fingerprint density at radius 2 is 1.93 bits per heavy atom. The maximum absolute atomic E-state index is 3.74. The summed E-state index contributed by atoms with van der Waals surface area (Å²) in [7, 11) is 2.19. The highest BCUT2D eigenvalue weighted by Gasteiger charge is 2.00. The second-order valence-corrected chi connectivity index (χ2v) is 3.28. The second kappa shape index (κ2) is 7.43. The molecule has 14 heavy (non-hydrogen) atoms. The van der Waals surface area contributed by atoms with Crippen molar-refractivity contribution in [3.05, 3.63) is 47.5 Å². The van der Waals surface area contributed by atoms with E-state index in [4.69, 9.17) is 0 Å². The van der Waals surface area contributed by atoms with Crippen LogP contribution in [0.25, 0.3) is 0 Å². The quantitative estimate of drug-likeness (QED) is 0.458. The van der Waals surface area contributed by atoms with Gasteiger partial charge in [-0.05, 0) is 19.8 Å². The van der Waals surface area contributed by atoms with Gasteiger partial charge < -0.3 is 0 Å². The predicted octanol–water partition coefficient (Wildman–Crippen LogP) is 3.38. The van der Waals surface area contributed by atoms with Gasteiger partial charge in [-0.25, -0.2) is 0 Å². The van der Waals surface area contributed by atoms with Gasteiger partial charge in [-0.1, -0.05) is 61.3 Å². The number of hydrogen-bond donors (Lipinski definition) is 0. The zero-order valence-corrected chi connectivity index (χ0v) is 9.93. The van der Waals surface area contributed by atoms with Crippen molar-refractivity contribution in [3.8, 4) is 0 Å². The topological polar surface area (TPSA) is 0 Å². The first-order valence-electron chi connectivity index (χ1n) is 5.35. The Morgan fingerprint density at radius 3 is 2.29 bits per heavy atom. The average Bonchev–Trinajstić information content (AvgIpc) is 2.21. The first-order chi connectivity index (χ1) is 6.71.